The molecule has 4 aromatic rings. The Morgan fingerprint density at radius 3 is 1.49 bits per heavy atom. The number of aliphatic carboxylic acids is 1. The molecule has 4 rings (SSSR count). The van der Waals surface area contributed by atoms with Crippen LogP contribution in [0.1, 0.15) is 194 Å². The second-order valence-corrected chi connectivity index (χ2v) is 33.5. The summed E-state index contributed by atoms with van der Waals surface area (Å²) in [5.74, 6) is -8.06. The summed E-state index contributed by atoms with van der Waals surface area (Å²) < 4.78 is 44.8. The number of hydrogen-bond acceptors (Lipinski definition) is 26. The maximum atomic E-state index is 14.5. The number of amides is 12. The summed E-state index contributed by atoms with van der Waals surface area (Å²) in [6.45, 7) is 16.7. The summed E-state index contributed by atoms with van der Waals surface area (Å²) in [6, 6.07) is 23.9. The first-order valence-corrected chi connectivity index (χ1v) is 44.2. The molecule has 0 bridgehead atoms. The normalized spacial score (nSPS) is 12.6. The van der Waals surface area contributed by atoms with Crippen molar-refractivity contribution in [2.45, 2.75) is 251 Å². The molecule has 4 aromatic carbocycles. The Balaban J connectivity index is 1.35. The third kappa shape index (κ3) is 53.5. The van der Waals surface area contributed by atoms with Gasteiger partial charge < -0.3 is 91.8 Å². The van der Waals surface area contributed by atoms with Gasteiger partial charge in [0.2, 0.25) is 41.4 Å². The smallest absolute Gasteiger partial charge is 0.407 e. The first-order valence-electron chi connectivity index (χ1n) is 44.2. The summed E-state index contributed by atoms with van der Waals surface area (Å²) in [7, 11) is 1.37. The fraction of sp³-hybridized carbons (Fsp3) is 0.571. The van der Waals surface area contributed by atoms with Crippen LogP contribution in [-0.2, 0) is 127 Å². The largest absolute Gasteiger partial charge is 0.481 e. The molecule has 0 aromatic heterocycles. The number of esters is 1. The Bertz CT molecular complexity index is 4220. The van der Waals surface area contributed by atoms with Gasteiger partial charge in [0.1, 0.15) is 49.3 Å². The van der Waals surface area contributed by atoms with Crippen molar-refractivity contribution in [2.75, 3.05) is 84.2 Å². The van der Waals surface area contributed by atoms with Gasteiger partial charge in [-0.05, 0) is 148 Å². The number of rotatable bonds is 65. The zero-order chi connectivity index (χ0) is 96.3. The van der Waals surface area contributed by atoms with Gasteiger partial charge in [0.25, 0.3) is 0 Å². The Morgan fingerprint density at radius 2 is 0.939 bits per heavy atom. The average Bonchev–Trinajstić information content (AvgIpc) is 0.850. The molecule has 14 N–H and O–H groups in total. The van der Waals surface area contributed by atoms with E-state index in [0.717, 1.165) is 5.56 Å². The maximum absolute atomic E-state index is 14.5. The van der Waals surface area contributed by atoms with E-state index in [9.17, 15) is 82.1 Å². The molecular formula is C91H134BN13O26. The SMILES string of the molecule is C[C@@H](C[C@H](Cc1ccc(O)c(NC(=O)CCCNC(=O)[C@H](CCCCNC(=O)COC(C)(C)CCOC(C)(C)C)NC(=O)CCCNC(=O)[C@H](NC(=O)OCc2ccccc2)[C@@H](NC(=O)OCc2ccccc2)C(=O)NCCCOCCCC(=O)NCCOCCCC(=O)N[C@@H](CCC(=O)OCc2ccccc2)C(=O)NCCCB=NOC=O)c1)NC(=O)OC(C)(C)C)C(=O)O. The molecule has 0 aliphatic rings. The van der Waals surface area contributed by atoms with Gasteiger partial charge >= 0.3 is 175 Å². The fourth-order valence-electron chi connectivity index (χ4n) is 12.2. The number of phenols is 1. The van der Waals surface area contributed by atoms with Crippen LogP contribution in [0.15, 0.2) is 114 Å². The van der Waals surface area contributed by atoms with Crippen LogP contribution >= 0.6 is 0 Å². The predicted molar refractivity (Wildman–Crippen MR) is 482 cm³/mol. The molecule has 0 fully saturated rings. The van der Waals surface area contributed by atoms with Crippen molar-refractivity contribution >= 4 is 103 Å². The number of aromatic hydroxyl groups is 1. The number of nitrogens with one attached hydrogen (secondary N) is 12. The number of carbonyl (C=O) groups excluding carboxylic acids is 14. The van der Waals surface area contributed by atoms with Gasteiger partial charge in [-0.15, -0.1) is 0 Å². The first-order chi connectivity index (χ1) is 62.5. The number of nitrogens with zero attached hydrogens (tertiary/aromatic N) is 1. The number of benzene rings is 4. The first kappa shape index (κ1) is 111. The molecule has 131 heavy (non-hydrogen) atoms. The molecule has 0 unspecified atom stereocenters. The van der Waals surface area contributed by atoms with Gasteiger partial charge in [0.15, 0.2) is 0 Å². The van der Waals surface area contributed by atoms with Crippen molar-refractivity contribution < 1.29 is 125 Å². The summed E-state index contributed by atoms with van der Waals surface area (Å²) in [6.07, 6.45) is -0.434. The van der Waals surface area contributed by atoms with Gasteiger partial charge in [-0.2, -0.15) is 0 Å². The monoisotopic (exact) mass is 1840 g/mol. The van der Waals surface area contributed by atoms with Gasteiger partial charge in [0.05, 0.1) is 29.4 Å². The Morgan fingerprint density at radius 1 is 0.450 bits per heavy atom. The van der Waals surface area contributed by atoms with Crippen LogP contribution in [0.4, 0.5) is 20.1 Å². The Labute approximate surface area is 766 Å². The summed E-state index contributed by atoms with van der Waals surface area (Å²) >= 11 is 0. The van der Waals surface area contributed by atoms with Crippen molar-refractivity contribution in [3.05, 3.63) is 131 Å². The third-order valence-electron chi connectivity index (χ3n) is 19.2. The van der Waals surface area contributed by atoms with E-state index in [-0.39, 0.29) is 211 Å². The van der Waals surface area contributed by atoms with Crippen molar-refractivity contribution in [1.29, 1.82) is 0 Å². The number of anilines is 1. The number of unbranched alkanes of at least 4 members (excludes halogenated alkanes) is 1. The molecule has 12 amide bonds. The van der Waals surface area contributed by atoms with Crippen LogP contribution in [0.5, 0.6) is 5.75 Å². The second kappa shape index (κ2) is 63.0. The van der Waals surface area contributed by atoms with Crippen molar-refractivity contribution in [2.24, 2.45) is 11.0 Å². The summed E-state index contributed by atoms with van der Waals surface area (Å²) in [5.41, 5.74) is 0.676. The van der Waals surface area contributed by atoms with E-state index >= 15 is 0 Å². The van der Waals surface area contributed by atoms with Crippen LogP contribution < -0.4 is 63.8 Å². The minimum Gasteiger partial charge on any atom is -0.481 e. The number of phenolic OH excluding ortho intramolecular Hbond substituents is 1. The molecule has 0 heterocycles. The summed E-state index contributed by atoms with van der Waals surface area (Å²) in [5, 5.41) is 55.9. The van der Waals surface area contributed by atoms with E-state index in [2.05, 4.69) is 73.7 Å². The van der Waals surface area contributed by atoms with Crippen molar-refractivity contribution in [3.8, 4) is 5.75 Å². The molecule has 6 atom stereocenters. The zero-order valence-corrected chi connectivity index (χ0v) is 76.7. The van der Waals surface area contributed by atoms with Crippen molar-refractivity contribution in [3.63, 3.8) is 0 Å². The molecule has 0 aliphatic carbocycles. The minimum absolute atomic E-state index is 0.00532. The molecule has 0 spiro atoms. The molecule has 0 aliphatic heterocycles. The molecule has 722 valence electrons. The van der Waals surface area contributed by atoms with E-state index in [0.29, 0.717) is 61.7 Å². The van der Waals surface area contributed by atoms with Crippen LogP contribution in [0.2, 0.25) is 6.32 Å². The topological polar surface area (TPSA) is 536 Å². The van der Waals surface area contributed by atoms with Crippen LogP contribution in [0, 0.1) is 5.92 Å². The zero-order valence-electron chi connectivity index (χ0n) is 76.7. The van der Waals surface area contributed by atoms with Crippen LogP contribution in [0.3, 0.4) is 0 Å². The Hall–Kier alpha value is -12.2. The quantitative estimate of drug-likeness (QED) is 0.00396. The van der Waals surface area contributed by atoms with Gasteiger partial charge in [-0.3, -0.25) is 38.4 Å². The van der Waals surface area contributed by atoms with E-state index in [1.807, 2.05) is 52.8 Å². The van der Waals surface area contributed by atoms with Gasteiger partial charge in [-0.25, -0.2) is 14.4 Å². The molecule has 0 radical (unpaired) electrons. The number of carboxylic acid groups (broad SMARTS) is 1. The summed E-state index contributed by atoms with van der Waals surface area (Å²) in [4.78, 5) is 201. The number of carbonyl (C=O) groups is 15. The van der Waals surface area contributed by atoms with E-state index in [1.54, 1.807) is 99.6 Å². The molecule has 0 saturated carbocycles. The second-order valence-electron chi connectivity index (χ2n) is 33.5. The minimum atomic E-state index is -1.89. The molecular weight excluding hydrogens is 1700 g/mol. The van der Waals surface area contributed by atoms with Gasteiger partial charge in [-0.1, -0.05) is 104 Å². The number of alkyl carbamates (subject to hydrolysis) is 3. The third-order valence-corrected chi connectivity index (χ3v) is 19.2. The van der Waals surface area contributed by atoms with E-state index < -0.39 is 119 Å². The van der Waals surface area contributed by atoms with Gasteiger partial charge in [0, 0.05) is 77.8 Å². The van der Waals surface area contributed by atoms with E-state index in [4.69, 9.17) is 37.9 Å². The van der Waals surface area contributed by atoms with Crippen LogP contribution in [-0.4, -0.2) is 233 Å². The predicted octanol–water partition coefficient (Wildman–Crippen LogP) is 7.16. The number of hydrogen-bond donors (Lipinski definition) is 14. The maximum Gasteiger partial charge on any atom is 0.407 e. The standard InChI is InChI=1S/C91H134BN13O26/c1-63(85(118)119)55-68(99-88(122)131-90(5,6)7)56-67-38-40-72(107)71(57-67)102-75(110)35-21-45-95-81(114)69(33-19-20-44-93-77(112)61-129-91(8,9)42-53-128-89(2,3)4)100-74(109)34-22-46-97-83(116)79(103-86(120)126-59-65-29-15-11-16-30-65)80(104-87(121)127-60-66-31-17-12-18-32-66)84(117)98-48-26-52-123-50-23-36-73(108)94-49-54-124-51-24-37-76(111)101-70(82(115)96-47-25-43-92-105-130-62-106)39-41-78(113)125-58-64-27-13-10-14-28-64/h10-18,27-32,38,40,57,62-63,68-70,79-80,107H,19-26,33-37,39,41-56,58-61H2,1-9H3,(H,93,112)(H,94,108)(H,95,114)(H,96,115)(H,97,116)(H,98,117)(H,99,122)(H,100,109)(H,101,111)(H,102,110)(H,103,120)(H,104,121)(H,118,119)/t63-,68+,69-,70-,79+,80+/m0/s1. The molecule has 39 nitrogen and oxygen atoms in total. The van der Waals surface area contributed by atoms with Crippen LogP contribution in [0.25, 0.3) is 0 Å². The van der Waals surface area contributed by atoms with E-state index in [1.165, 1.54) is 26.1 Å². The molecule has 0 saturated heterocycles. The Kier molecular flexibility index (Phi) is 53.4. The number of carboxylic acids is 1. The molecule has 40 heteroatoms. The number of ether oxygens (including phenoxy) is 8. The average molecular weight is 1840 g/mol. The van der Waals surface area contributed by atoms with Crippen molar-refractivity contribution in [1.82, 2.24) is 58.5 Å². The fourth-order valence-corrected chi connectivity index (χ4v) is 12.2.